The van der Waals surface area contributed by atoms with Crippen molar-refractivity contribution in [1.29, 1.82) is 10.5 Å². The third-order valence-corrected chi connectivity index (χ3v) is 18.7. The van der Waals surface area contributed by atoms with Gasteiger partial charge in [-0.2, -0.15) is 0 Å². The number of rotatable bonds is 0. The van der Waals surface area contributed by atoms with Crippen LogP contribution in [0.1, 0.15) is 52.4 Å². The van der Waals surface area contributed by atoms with Gasteiger partial charge in [-0.1, -0.05) is 0 Å². The van der Waals surface area contributed by atoms with Crippen LogP contribution in [0.25, 0.3) is 20.8 Å². The van der Waals surface area contributed by atoms with Crippen molar-refractivity contribution >= 4 is 32.7 Å². The van der Waals surface area contributed by atoms with E-state index in [9.17, 15) is 10.5 Å². The Morgan fingerprint density at radius 1 is 1.00 bits per heavy atom. The van der Waals surface area contributed by atoms with Crippen LogP contribution in [0.3, 0.4) is 0 Å². The molecule has 2 aliphatic heterocycles. The quantitative estimate of drug-likeness (QED) is 0.303. The number of allylic oxidation sites excluding steroid dienone is 4. The van der Waals surface area contributed by atoms with Crippen molar-refractivity contribution in [2.75, 3.05) is 0 Å². The van der Waals surface area contributed by atoms with Gasteiger partial charge in [0.05, 0.1) is 0 Å². The summed E-state index contributed by atoms with van der Waals surface area (Å²) in [6.45, 7) is 28.1. The molecule has 0 saturated carbocycles. The summed E-state index contributed by atoms with van der Waals surface area (Å²) < 4.78 is 5.16. The Kier molecular flexibility index (Phi) is 6.32. The summed E-state index contributed by atoms with van der Waals surface area (Å²) in [6, 6.07) is 6.48. The van der Waals surface area contributed by atoms with E-state index in [1.807, 2.05) is 0 Å². The second-order valence-corrected chi connectivity index (χ2v) is 19.0. The van der Waals surface area contributed by atoms with Crippen LogP contribution in [-0.4, -0.2) is 6.75 Å². The third kappa shape index (κ3) is 3.89. The monoisotopic (exact) mass is 671 g/mol. The van der Waals surface area contributed by atoms with Crippen LogP contribution in [0, 0.1) is 73.9 Å². The van der Waals surface area contributed by atoms with Crippen LogP contribution in [0.15, 0.2) is 17.5 Å². The van der Waals surface area contributed by atoms with Crippen LogP contribution >= 0.6 is 8.19 Å². The Hall–Kier alpha value is -1.53. The Morgan fingerprint density at radius 2 is 1.57 bits per heavy atom. The van der Waals surface area contributed by atoms with Crippen LogP contribution in [-0.2, 0) is 15.8 Å². The zero-order valence-electron chi connectivity index (χ0n) is 17.8. The number of hydrogen-bond acceptors (Lipinski definition) is 2. The normalized spacial score (nSPS) is 18.1. The van der Waals surface area contributed by atoms with Crippen LogP contribution in [0.4, 0.5) is 0 Å². The summed E-state index contributed by atoms with van der Waals surface area (Å²) in [5.74, 6) is 0. The molecule has 3 rings (SSSR count). The molecule has 1 aromatic rings. The van der Waals surface area contributed by atoms with E-state index < -0.39 is 27.2 Å². The molecule has 0 aliphatic carbocycles. The van der Waals surface area contributed by atoms with Crippen molar-refractivity contribution in [3.05, 3.63) is 51.2 Å². The number of nitrogens with zero attached hydrogens (tertiary/aromatic N) is 4. The van der Waals surface area contributed by atoms with E-state index >= 15 is 0 Å². The molecule has 0 aromatic carbocycles. The molecule has 0 unspecified atom stereocenters. The molecular weight excluding hydrogens is 652 g/mol. The van der Waals surface area contributed by atoms with Crippen molar-refractivity contribution in [2.24, 2.45) is 10.8 Å². The van der Waals surface area contributed by atoms with Gasteiger partial charge < -0.3 is 0 Å². The molecule has 2 aliphatic rings. The first kappa shape index (κ1) is 23.1. The van der Waals surface area contributed by atoms with E-state index in [2.05, 4.69) is 69.4 Å². The SMILES string of the molecule is [C-]#[N+]/C(C#N)=C1\[C](C(C)(C)C)=[U][c]2pc3[c](cc21)[V]=[C](C(C)(C)C)/C3=C(\C#N)[N+]#[C-]. The van der Waals surface area contributed by atoms with Crippen molar-refractivity contribution in [1.82, 2.24) is 0 Å². The molecule has 0 atom stereocenters. The first-order valence-corrected chi connectivity index (χ1v) is 15.8. The van der Waals surface area contributed by atoms with Gasteiger partial charge in [-0.3, -0.25) is 0 Å². The Morgan fingerprint density at radius 3 is 2.03 bits per heavy atom. The van der Waals surface area contributed by atoms with Crippen molar-refractivity contribution in [2.45, 2.75) is 41.5 Å². The first-order chi connectivity index (χ1) is 14.0. The average Bonchev–Trinajstić information content (AvgIpc) is 3.21. The third-order valence-electron chi connectivity index (χ3n) is 4.84. The van der Waals surface area contributed by atoms with E-state index in [4.69, 9.17) is 13.1 Å². The molecule has 30 heavy (non-hydrogen) atoms. The fourth-order valence-corrected chi connectivity index (χ4v) is 15.9. The Bertz CT molecular complexity index is 1150. The molecule has 0 bridgehead atoms. The average molecular weight is 671 g/mol. The molecule has 0 radical (unpaired) electrons. The fourth-order valence-electron chi connectivity index (χ4n) is 3.51. The van der Waals surface area contributed by atoms with E-state index in [0.717, 1.165) is 30.2 Å². The number of nitriles is 2. The molecule has 0 saturated heterocycles. The summed E-state index contributed by atoms with van der Waals surface area (Å²) >= 11 is -1.91. The van der Waals surface area contributed by atoms with Gasteiger partial charge in [0.25, 0.3) is 0 Å². The second kappa shape index (κ2) is 8.19. The molecule has 3 heterocycles. The Balaban J connectivity index is 2.41. The predicted octanol–water partition coefficient (Wildman–Crippen LogP) is 4.46. The standard InChI is InChI=1S/C23H19N4P.U.V/c1-22(2,3)11-17(19(13-24)26-7)16-9-10-21(28-15-16)18(12-23(4,5)6)20(14-25)27-8;;/h9H,1-6H3;;/b19-17+,20-18-;;. The molecule has 1 aromatic heterocycles. The van der Waals surface area contributed by atoms with E-state index in [1.54, 1.807) is 0 Å². The maximum absolute atomic E-state index is 9.64. The topological polar surface area (TPSA) is 56.3 Å². The van der Waals surface area contributed by atoms with Gasteiger partial charge in [-0.05, 0) is 0 Å². The molecule has 0 fully saturated rings. The van der Waals surface area contributed by atoms with Crippen LogP contribution in [0.2, 0.25) is 0 Å². The van der Waals surface area contributed by atoms with E-state index in [0.29, 0.717) is 0 Å². The van der Waals surface area contributed by atoms with Gasteiger partial charge in [0, 0.05) is 0 Å². The van der Waals surface area contributed by atoms with Gasteiger partial charge in [0.2, 0.25) is 0 Å². The summed E-state index contributed by atoms with van der Waals surface area (Å²) in [5, 5.41) is 20.4. The van der Waals surface area contributed by atoms with Gasteiger partial charge in [0.1, 0.15) is 0 Å². The molecule has 4 nitrogen and oxygen atoms in total. The Labute approximate surface area is 200 Å². The molecule has 0 amide bonds. The zero-order chi connectivity index (χ0) is 22.4. The summed E-state index contributed by atoms with van der Waals surface area (Å²) in [7, 11) is 1.10. The maximum atomic E-state index is 9.64. The van der Waals surface area contributed by atoms with Gasteiger partial charge in [-0.25, -0.2) is 0 Å². The van der Waals surface area contributed by atoms with E-state index in [-0.39, 0.29) is 38.1 Å². The molecule has 7 heteroatoms. The molecule has 145 valence electrons. The minimum atomic E-state index is -1.59. The van der Waals surface area contributed by atoms with Crippen molar-refractivity contribution in [3.63, 3.8) is 0 Å². The summed E-state index contributed by atoms with van der Waals surface area (Å²) in [5.41, 5.74) is 3.12. The van der Waals surface area contributed by atoms with Gasteiger partial charge >= 0.3 is 202 Å². The summed E-state index contributed by atoms with van der Waals surface area (Å²) in [4.78, 5) is 7.14. The number of hydrogen-bond donors (Lipinski definition) is 0. The first-order valence-electron chi connectivity index (χ1n) is 9.31. The zero-order valence-corrected chi connectivity index (χ0v) is 24.2. The molecular formula is C23H19N4PUV. The predicted molar refractivity (Wildman–Crippen MR) is 115 cm³/mol. The second-order valence-electron chi connectivity index (χ2n) is 9.11. The molecule has 0 spiro atoms. The number of fused-ring (bicyclic) bond motifs is 2. The van der Waals surface area contributed by atoms with Crippen LogP contribution < -0.4 is 6.60 Å². The van der Waals surface area contributed by atoms with Crippen molar-refractivity contribution < 1.29 is 43.1 Å². The van der Waals surface area contributed by atoms with Gasteiger partial charge in [0.15, 0.2) is 0 Å². The van der Waals surface area contributed by atoms with E-state index in [1.165, 1.54) is 13.4 Å². The van der Waals surface area contributed by atoms with Crippen LogP contribution in [0.5, 0.6) is 0 Å². The summed E-state index contributed by atoms with van der Waals surface area (Å²) in [6.07, 6.45) is 0. The minimum absolute atomic E-state index is 0.0631. The molecule has 0 N–H and O–H groups in total. The van der Waals surface area contributed by atoms with Gasteiger partial charge in [-0.15, -0.1) is 0 Å². The fraction of sp³-hybridized carbons (Fsp3) is 0.348. The van der Waals surface area contributed by atoms with Crippen molar-refractivity contribution in [3.8, 4) is 12.1 Å².